The summed E-state index contributed by atoms with van der Waals surface area (Å²) in [7, 11) is 0. The Labute approximate surface area is 116 Å². The number of amides is 2. The number of nitrogens with one attached hydrogen (secondary N) is 2. The van der Waals surface area contributed by atoms with Crippen LogP contribution in [-0.4, -0.2) is 24.9 Å². The number of anilines is 2. The molecule has 6 N–H and O–H groups in total. The minimum atomic E-state index is -0.622. The lowest BCUT2D eigenvalue weighted by molar-refractivity contribution is 0.0960. The van der Waals surface area contributed by atoms with Crippen molar-refractivity contribution in [1.82, 2.24) is 5.32 Å². The van der Waals surface area contributed by atoms with Crippen molar-refractivity contribution in [3.8, 4) is 0 Å². The zero-order valence-corrected chi connectivity index (χ0v) is 12.0. The lowest BCUT2D eigenvalue weighted by Crippen LogP contribution is -2.23. The smallest absolute Gasteiger partial charge is 0.263 e. The summed E-state index contributed by atoms with van der Waals surface area (Å²) in [4.78, 5) is 23.6. The summed E-state index contributed by atoms with van der Waals surface area (Å²) < 4.78 is 0. The SMILES string of the molecule is CCCCNc1sc(C(=O)NCC)c(N)c1C(N)=O. The van der Waals surface area contributed by atoms with Crippen molar-refractivity contribution >= 4 is 33.8 Å². The van der Waals surface area contributed by atoms with Gasteiger partial charge in [-0.25, -0.2) is 0 Å². The third-order valence-electron chi connectivity index (χ3n) is 2.55. The molecule has 0 saturated heterocycles. The number of unbranched alkanes of at least 4 members (excludes halogenated alkanes) is 1. The second-order valence-electron chi connectivity index (χ2n) is 4.05. The summed E-state index contributed by atoms with van der Waals surface area (Å²) in [6, 6.07) is 0. The van der Waals surface area contributed by atoms with E-state index >= 15 is 0 Å². The molecular weight excluding hydrogens is 264 g/mol. The molecule has 7 heteroatoms. The molecule has 0 aliphatic carbocycles. The number of thiophene rings is 1. The molecule has 1 aromatic rings. The van der Waals surface area contributed by atoms with Crippen LogP contribution in [0.1, 0.15) is 46.7 Å². The van der Waals surface area contributed by atoms with Gasteiger partial charge in [0.2, 0.25) is 0 Å². The van der Waals surface area contributed by atoms with Gasteiger partial charge in [0.15, 0.2) is 0 Å². The molecule has 19 heavy (non-hydrogen) atoms. The molecule has 0 radical (unpaired) electrons. The van der Waals surface area contributed by atoms with Crippen molar-refractivity contribution < 1.29 is 9.59 Å². The van der Waals surface area contributed by atoms with Gasteiger partial charge >= 0.3 is 0 Å². The van der Waals surface area contributed by atoms with E-state index in [1.165, 1.54) is 0 Å². The Kier molecular flexibility index (Phi) is 5.62. The maximum atomic E-state index is 11.8. The number of nitrogens with two attached hydrogens (primary N) is 2. The number of carbonyl (C=O) groups is 2. The quantitative estimate of drug-likeness (QED) is 0.567. The minimum Gasteiger partial charge on any atom is -0.397 e. The average Bonchev–Trinajstić information content (AvgIpc) is 2.67. The Hall–Kier alpha value is -1.76. The van der Waals surface area contributed by atoms with Crippen LogP contribution in [0.25, 0.3) is 0 Å². The fraction of sp³-hybridized carbons (Fsp3) is 0.500. The van der Waals surface area contributed by atoms with Gasteiger partial charge in [0.1, 0.15) is 9.88 Å². The molecule has 2 amide bonds. The Bertz CT molecular complexity index is 471. The van der Waals surface area contributed by atoms with Crippen molar-refractivity contribution in [3.05, 3.63) is 10.4 Å². The van der Waals surface area contributed by atoms with Gasteiger partial charge in [0, 0.05) is 13.1 Å². The van der Waals surface area contributed by atoms with E-state index in [1.54, 1.807) is 0 Å². The predicted molar refractivity (Wildman–Crippen MR) is 78.7 cm³/mol. The van der Waals surface area contributed by atoms with Crippen LogP contribution in [0, 0.1) is 0 Å². The van der Waals surface area contributed by atoms with E-state index in [-0.39, 0.29) is 17.2 Å². The summed E-state index contributed by atoms with van der Waals surface area (Å²) >= 11 is 1.16. The van der Waals surface area contributed by atoms with Gasteiger partial charge in [0.25, 0.3) is 11.8 Å². The fourth-order valence-corrected chi connectivity index (χ4v) is 2.67. The zero-order valence-electron chi connectivity index (χ0n) is 11.2. The van der Waals surface area contributed by atoms with Gasteiger partial charge in [-0.15, -0.1) is 11.3 Å². The molecule has 0 unspecified atom stereocenters. The van der Waals surface area contributed by atoms with E-state index in [2.05, 4.69) is 17.6 Å². The van der Waals surface area contributed by atoms with E-state index in [4.69, 9.17) is 11.5 Å². The molecule has 1 aromatic heterocycles. The number of primary amides is 1. The third-order valence-corrected chi connectivity index (χ3v) is 3.71. The van der Waals surface area contributed by atoms with E-state index in [0.29, 0.717) is 23.0 Å². The van der Waals surface area contributed by atoms with E-state index in [0.717, 1.165) is 24.2 Å². The van der Waals surface area contributed by atoms with Crippen LogP contribution in [0.15, 0.2) is 0 Å². The van der Waals surface area contributed by atoms with Crippen molar-refractivity contribution in [2.45, 2.75) is 26.7 Å². The lowest BCUT2D eigenvalue weighted by atomic mass is 10.2. The largest absolute Gasteiger partial charge is 0.397 e. The molecule has 0 atom stereocenters. The monoisotopic (exact) mass is 284 g/mol. The highest BCUT2D eigenvalue weighted by atomic mass is 32.1. The van der Waals surface area contributed by atoms with Gasteiger partial charge in [-0.05, 0) is 13.3 Å². The summed E-state index contributed by atoms with van der Waals surface area (Å²) in [5.41, 5.74) is 11.5. The number of carbonyl (C=O) groups excluding carboxylic acids is 2. The number of rotatable bonds is 7. The van der Waals surface area contributed by atoms with Crippen molar-refractivity contribution in [2.24, 2.45) is 5.73 Å². The fourth-order valence-electron chi connectivity index (χ4n) is 1.60. The minimum absolute atomic E-state index is 0.155. The highest BCUT2D eigenvalue weighted by Gasteiger charge is 2.23. The van der Waals surface area contributed by atoms with Crippen LogP contribution in [0.4, 0.5) is 10.7 Å². The summed E-state index contributed by atoms with van der Waals surface area (Å²) in [5, 5.41) is 6.34. The van der Waals surface area contributed by atoms with Crippen molar-refractivity contribution in [3.63, 3.8) is 0 Å². The Morgan fingerprint density at radius 2 is 2.00 bits per heavy atom. The van der Waals surface area contributed by atoms with Crippen LogP contribution in [0.3, 0.4) is 0 Å². The maximum absolute atomic E-state index is 11.8. The normalized spacial score (nSPS) is 10.2. The summed E-state index contributed by atoms with van der Waals surface area (Å²) in [6.07, 6.45) is 2.00. The second-order valence-corrected chi connectivity index (χ2v) is 5.07. The van der Waals surface area contributed by atoms with Crippen LogP contribution in [0.5, 0.6) is 0 Å². The van der Waals surface area contributed by atoms with Gasteiger partial charge < -0.3 is 22.1 Å². The van der Waals surface area contributed by atoms with E-state index in [9.17, 15) is 9.59 Å². The van der Waals surface area contributed by atoms with Crippen molar-refractivity contribution in [1.29, 1.82) is 0 Å². The zero-order chi connectivity index (χ0) is 14.4. The molecule has 0 saturated carbocycles. The molecule has 0 aliphatic heterocycles. The molecule has 0 fully saturated rings. The molecule has 6 nitrogen and oxygen atoms in total. The first-order chi connectivity index (χ1) is 9.02. The van der Waals surface area contributed by atoms with Crippen LogP contribution < -0.4 is 22.1 Å². The summed E-state index contributed by atoms with van der Waals surface area (Å²) in [6.45, 7) is 5.10. The van der Waals surface area contributed by atoms with E-state index in [1.807, 2.05) is 6.92 Å². The number of hydrogen-bond donors (Lipinski definition) is 4. The second kappa shape index (κ2) is 6.98. The van der Waals surface area contributed by atoms with Crippen molar-refractivity contribution in [2.75, 3.05) is 24.1 Å². The third kappa shape index (κ3) is 3.60. The van der Waals surface area contributed by atoms with Crippen LogP contribution >= 0.6 is 11.3 Å². The molecule has 1 rings (SSSR count). The molecule has 1 heterocycles. The van der Waals surface area contributed by atoms with Crippen LogP contribution in [-0.2, 0) is 0 Å². The Morgan fingerprint density at radius 3 is 2.53 bits per heavy atom. The van der Waals surface area contributed by atoms with Gasteiger partial charge in [0.05, 0.1) is 11.3 Å². The first-order valence-electron chi connectivity index (χ1n) is 6.27. The predicted octanol–water partition coefficient (Wildman–Crippen LogP) is 1.39. The molecule has 0 aliphatic rings. The average molecular weight is 284 g/mol. The van der Waals surface area contributed by atoms with Gasteiger partial charge in [-0.1, -0.05) is 13.3 Å². The summed E-state index contributed by atoms with van der Waals surface area (Å²) in [5.74, 6) is -0.903. The molecule has 0 spiro atoms. The maximum Gasteiger partial charge on any atom is 0.263 e. The van der Waals surface area contributed by atoms with Gasteiger partial charge in [-0.2, -0.15) is 0 Å². The van der Waals surface area contributed by atoms with Crippen LogP contribution in [0.2, 0.25) is 0 Å². The number of hydrogen-bond acceptors (Lipinski definition) is 5. The van der Waals surface area contributed by atoms with Gasteiger partial charge in [-0.3, -0.25) is 9.59 Å². The molecular formula is C12H20N4O2S. The van der Waals surface area contributed by atoms with E-state index < -0.39 is 5.91 Å². The first kappa shape index (κ1) is 15.3. The highest BCUT2D eigenvalue weighted by Crippen LogP contribution is 2.35. The molecule has 0 aromatic carbocycles. The highest BCUT2D eigenvalue weighted by molar-refractivity contribution is 7.19. The molecule has 0 bridgehead atoms. The Balaban J connectivity index is 3.05. The number of nitrogen functional groups attached to an aromatic ring is 1. The topological polar surface area (TPSA) is 110 Å². The Morgan fingerprint density at radius 1 is 1.32 bits per heavy atom. The lowest BCUT2D eigenvalue weighted by Gasteiger charge is -2.04. The molecule has 106 valence electrons. The standard InChI is InChI=1S/C12H20N4O2S/c1-3-5-6-16-12-7(10(14)17)8(13)9(19-12)11(18)15-4-2/h16H,3-6,13H2,1-2H3,(H2,14,17)(H,15,18). The first-order valence-corrected chi connectivity index (χ1v) is 7.08.